The first kappa shape index (κ1) is 21.4. The summed E-state index contributed by atoms with van der Waals surface area (Å²) in [5.74, 6) is -1.19. The van der Waals surface area contributed by atoms with Gasteiger partial charge in [0.25, 0.3) is 5.91 Å². The maximum atomic E-state index is 13.9. The summed E-state index contributed by atoms with van der Waals surface area (Å²) in [6.45, 7) is 0. The molecule has 0 aliphatic carbocycles. The van der Waals surface area contributed by atoms with Crippen LogP contribution >= 0.6 is 27.5 Å². The van der Waals surface area contributed by atoms with Gasteiger partial charge in [0.1, 0.15) is 17.2 Å². The maximum Gasteiger partial charge on any atom is 0.296 e. The molecule has 7 nitrogen and oxygen atoms in total. The monoisotopic (exact) mass is 530 g/mol. The van der Waals surface area contributed by atoms with Crippen molar-refractivity contribution >= 4 is 50.2 Å². The molecule has 2 aromatic carbocycles. The number of methoxy groups -OCH3 is 1. The highest BCUT2D eigenvalue weighted by Crippen LogP contribution is 2.44. The van der Waals surface area contributed by atoms with Crippen LogP contribution in [0.2, 0.25) is 5.02 Å². The molecular weight excluding hydrogens is 519 g/mol. The van der Waals surface area contributed by atoms with Crippen LogP contribution in [0.15, 0.2) is 62.3 Å². The Labute approximate surface area is 199 Å². The summed E-state index contributed by atoms with van der Waals surface area (Å²) >= 11 is 9.24. The Bertz CT molecular complexity index is 1510. The number of halogens is 3. The van der Waals surface area contributed by atoms with E-state index in [1.54, 1.807) is 12.1 Å². The lowest BCUT2D eigenvalue weighted by Crippen LogP contribution is -2.30. The lowest BCUT2D eigenvalue weighted by molar-refractivity contribution is 0.0970. The standard InChI is InChI=1S/C23H13BrClFN2O5/c1-32-16-7-10(6-14(24)21(16)30)19-18-20(29)13-8-12(26)3-4-15(13)33-22(18)23(31)28(19)17-5-2-11(25)9-27-17/h2-9,19,30H,1H3. The van der Waals surface area contributed by atoms with Crippen LogP contribution in [-0.2, 0) is 0 Å². The van der Waals surface area contributed by atoms with Gasteiger partial charge in [-0.15, -0.1) is 0 Å². The molecule has 2 aromatic heterocycles. The Morgan fingerprint density at radius 2 is 2.00 bits per heavy atom. The normalized spacial score (nSPS) is 15.2. The number of ether oxygens (including phenoxy) is 1. The lowest BCUT2D eigenvalue weighted by atomic mass is 9.98. The number of amides is 1. The van der Waals surface area contributed by atoms with Gasteiger partial charge in [-0.25, -0.2) is 9.37 Å². The van der Waals surface area contributed by atoms with E-state index in [1.165, 1.54) is 36.4 Å². The number of aromatic nitrogens is 1. The van der Waals surface area contributed by atoms with Crippen molar-refractivity contribution in [2.24, 2.45) is 0 Å². The number of nitrogens with zero attached hydrogens (tertiary/aromatic N) is 2. The highest BCUT2D eigenvalue weighted by Gasteiger charge is 2.44. The molecule has 0 spiro atoms. The third-order valence-electron chi connectivity index (χ3n) is 5.38. The van der Waals surface area contributed by atoms with Crippen molar-refractivity contribution in [3.63, 3.8) is 0 Å². The molecule has 0 saturated heterocycles. The quantitative estimate of drug-likeness (QED) is 0.390. The molecular formula is C23H13BrClFN2O5. The number of phenols is 1. The highest BCUT2D eigenvalue weighted by atomic mass is 79.9. The average Bonchev–Trinajstić information content (AvgIpc) is 3.09. The molecule has 4 aromatic rings. The summed E-state index contributed by atoms with van der Waals surface area (Å²) < 4.78 is 25.2. The second-order valence-electron chi connectivity index (χ2n) is 7.28. The predicted molar refractivity (Wildman–Crippen MR) is 123 cm³/mol. The third-order valence-corrected chi connectivity index (χ3v) is 6.21. The molecule has 1 N–H and O–H groups in total. The molecule has 3 heterocycles. The Balaban J connectivity index is 1.84. The molecule has 10 heteroatoms. The molecule has 1 aliphatic rings. The summed E-state index contributed by atoms with van der Waals surface area (Å²) in [5, 5.41) is 10.6. The minimum atomic E-state index is -0.990. The number of hydrogen-bond donors (Lipinski definition) is 1. The Kier molecular flexibility index (Phi) is 5.10. The number of hydrogen-bond acceptors (Lipinski definition) is 6. The summed E-state index contributed by atoms with van der Waals surface area (Å²) in [6, 6.07) is 8.69. The van der Waals surface area contributed by atoms with E-state index >= 15 is 0 Å². The van der Waals surface area contributed by atoms with Crippen LogP contribution < -0.4 is 15.1 Å². The zero-order valence-electron chi connectivity index (χ0n) is 16.8. The largest absolute Gasteiger partial charge is 0.503 e. The molecule has 5 rings (SSSR count). The molecule has 1 amide bonds. The molecule has 1 aliphatic heterocycles. The second kappa shape index (κ2) is 7.86. The molecule has 0 fully saturated rings. The van der Waals surface area contributed by atoms with E-state index in [2.05, 4.69) is 20.9 Å². The number of fused-ring (bicyclic) bond motifs is 2. The Hall–Kier alpha value is -3.43. The highest BCUT2D eigenvalue weighted by molar-refractivity contribution is 9.10. The minimum Gasteiger partial charge on any atom is -0.503 e. The van der Waals surface area contributed by atoms with E-state index < -0.39 is 23.2 Å². The fourth-order valence-corrected chi connectivity index (χ4v) is 4.49. The number of rotatable bonds is 3. The fourth-order valence-electron chi connectivity index (χ4n) is 3.91. The van der Waals surface area contributed by atoms with Gasteiger partial charge >= 0.3 is 0 Å². The van der Waals surface area contributed by atoms with Crippen molar-refractivity contribution in [2.75, 3.05) is 12.0 Å². The van der Waals surface area contributed by atoms with E-state index in [9.17, 15) is 19.1 Å². The average molecular weight is 532 g/mol. The van der Waals surface area contributed by atoms with Gasteiger partial charge in [-0.05, 0) is 64.0 Å². The van der Waals surface area contributed by atoms with E-state index in [-0.39, 0.29) is 44.1 Å². The molecule has 0 saturated carbocycles. The Morgan fingerprint density at radius 1 is 1.21 bits per heavy atom. The maximum absolute atomic E-state index is 13.9. The van der Waals surface area contributed by atoms with Gasteiger partial charge in [0.15, 0.2) is 16.9 Å². The van der Waals surface area contributed by atoms with Gasteiger partial charge in [0.05, 0.1) is 33.6 Å². The van der Waals surface area contributed by atoms with E-state index in [1.807, 2.05) is 0 Å². The third kappa shape index (κ3) is 3.35. The predicted octanol–water partition coefficient (Wildman–Crippen LogP) is 5.21. The van der Waals surface area contributed by atoms with Crippen LogP contribution in [0, 0.1) is 5.82 Å². The first-order chi connectivity index (χ1) is 15.8. The molecule has 0 radical (unpaired) electrons. The second-order valence-corrected chi connectivity index (χ2v) is 8.57. The van der Waals surface area contributed by atoms with Gasteiger partial charge in [-0.1, -0.05) is 11.6 Å². The zero-order chi connectivity index (χ0) is 23.4. The number of carbonyl (C=O) groups excluding carboxylic acids is 1. The minimum absolute atomic E-state index is 0.00211. The van der Waals surface area contributed by atoms with E-state index in [0.717, 1.165) is 12.1 Å². The smallest absolute Gasteiger partial charge is 0.296 e. The van der Waals surface area contributed by atoms with Crippen molar-refractivity contribution in [1.82, 2.24) is 4.98 Å². The fraction of sp³-hybridized carbons (Fsp3) is 0.0870. The van der Waals surface area contributed by atoms with Crippen LogP contribution in [0.25, 0.3) is 11.0 Å². The van der Waals surface area contributed by atoms with E-state index in [0.29, 0.717) is 10.6 Å². The van der Waals surface area contributed by atoms with Crippen molar-refractivity contribution in [1.29, 1.82) is 0 Å². The van der Waals surface area contributed by atoms with Crippen LogP contribution in [0.1, 0.15) is 27.7 Å². The number of carbonyl (C=O) groups is 1. The van der Waals surface area contributed by atoms with E-state index in [4.69, 9.17) is 20.8 Å². The van der Waals surface area contributed by atoms with Crippen LogP contribution in [0.3, 0.4) is 0 Å². The number of phenolic OH excluding ortho intramolecular Hbond substituents is 1. The van der Waals surface area contributed by atoms with Gasteiger partial charge in [0, 0.05) is 6.20 Å². The number of pyridine rings is 1. The number of benzene rings is 2. The zero-order valence-corrected chi connectivity index (χ0v) is 19.1. The van der Waals surface area contributed by atoms with Gasteiger partial charge < -0.3 is 14.3 Å². The van der Waals surface area contributed by atoms with Crippen molar-refractivity contribution in [3.8, 4) is 11.5 Å². The number of anilines is 1. The summed E-state index contributed by atoms with van der Waals surface area (Å²) in [4.78, 5) is 32.5. The van der Waals surface area contributed by atoms with Gasteiger partial charge in [0.2, 0.25) is 5.76 Å². The number of aromatic hydroxyl groups is 1. The molecule has 33 heavy (non-hydrogen) atoms. The summed E-state index contributed by atoms with van der Waals surface area (Å²) in [7, 11) is 1.38. The molecule has 1 unspecified atom stereocenters. The van der Waals surface area contributed by atoms with Crippen molar-refractivity contribution in [2.45, 2.75) is 6.04 Å². The van der Waals surface area contributed by atoms with Crippen LogP contribution in [0.4, 0.5) is 10.2 Å². The summed E-state index contributed by atoms with van der Waals surface area (Å²) in [5.41, 5.74) is -0.00992. The molecule has 1 atom stereocenters. The van der Waals surface area contributed by atoms with Crippen LogP contribution in [-0.4, -0.2) is 23.1 Å². The summed E-state index contributed by atoms with van der Waals surface area (Å²) in [6.07, 6.45) is 1.37. The van der Waals surface area contributed by atoms with Gasteiger partial charge in [-0.2, -0.15) is 0 Å². The molecule has 166 valence electrons. The molecule has 0 bridgehead atoms. The first-order valence-electron chi connectivity index (χ1n) is 9.58. The van der Waals surface area contributed by atoms with Crippen molar-refractivity contribution in [3.05, 3.63) is 91.1 Å². The lowest BCUT2D eigenvalue weighted by Gasteiger charge is -2.25. The van der Waals surface area contributed by atoms with Crippen LogP contribution in [0.5, 0.6) is 11.5 Å². The Morgan fingerprint density at radius 3 is 2.70 bits per heavy atom. The first-order valence-corrected chi connectivity index (χ1v) is 10.7. The SMILES string of the molecule is COc1cc(C2c3c(oc4ccc(F)cc4c3=O)C(=O)N2c2ccc(Cl)cn2)cc(Br)c1O. The van der Waals surface area contributed by atoms with Crippen molar-refractivity contribution < 1.29 is 23.4 Å². The topological polar surface area (TPSA) is 92.9 Å². The van der Waals surface area contributed by atoms with Gasteiger partial charge in [-0.3, -0.25) is 14.5 Å².